The molecule has 40 heavy (non-hydrogen) atoms. The van der Waals surface area contributed by atoms with Crippen LogP contribution in [-0.4, -0.2) is 46.6 Å². The van der Waals surface area contributed by atoms with E-state index in [-0.39, 0.29) is 58.1 Å². The van der Waals surface area contributed by atoms with Crippen molar-refractivity contribution in [1.29, 1.82) is 0 Å². The van der Waals surface area contributed by atoms with E-state index in [2.05, 4.69) is 33.8 Å². The number of esters is 2. The van der Waals surface area contributed by atoms with Crippen LogP contribution in [0.2, 0.25) is 0 Å². The number of rotatable bonds is 6. The van der Waals surface area contributed by atoms with E-state index in [0.717, 1.165) is 31.3 Å². The molecular formula is C34H54O6. The molecule has 0 amide bonds. The molecule has 0 bridgehead atoms. The highest BCUT2D eigenvalue weighted by molar-refractivity contribution is 5.90. The molecule has 0 saturated heterocycles. The third-order valence-electron chi connectivity index (χ3n) is 11.9. The van der Waals surface area contributed by atoms with Gasteiger partial charge in [0.05, 0.1) is 18.3 Å². The highest BCUT2D eigenvalue weighted by Gasteiger charge is 2.70. The summed E-state index contributed by atoms with van der Waals surface area (Å²) in [5.41, 5.74) is 2.13. The number of hydrogen-bond acceptors (Lipinski definition) is 6. The minimum absolute atomic E-state index is 0.0732. The van der Waals surface area contributed by atoms with E-state index in [1.54, 1.807) is 0 Å². The molecule has 0 aromatic heterocycles. The van der Waals surface area contributed by atoms with Crippen LogP contribution in [-0.2, 0) is 19.1 Å². The van der Waals surface area contributed by atoms with Gasteiger partial charge in [-0.3, -0.25) is 4.79 Å². The SMILES string of the molecule is CC(=O)OC1CC2(C)C(CC(O)C3C4(C)CCC(O)C(C)C4CCC32C)/C1=C(\CCC=C(C)C)C(=O)OC(C)C. The van der Waals surface area contributed by atoms with Crippen LogP contribution >= 0.6 is 0 Å². The van der Waals surface area contributed by atoms with Crippen molar-refractivity contribution in [3.05, 3.63) is 22.8 Å². The standard InChI is InChI=1S/C34H54O6/c1-19(2)11-10-12-23(31(38)39-20(3)4)29-25-17-27(37)30-32(7)15-14-26(36)21(5)24(32)13-16-33(30,8)34(25,9)18-28(29)40-22(6)35/h11,20-21,24-28,30,36-37H,10,12-18H2,1-9H3/b29-23-. The zero-order valence-corrected chi connectivity index (χ0v) is 26.4. The molecule has 0 spiro atoms. The fraction of sp³-hybridized carbons (Fsp3) is 0.824. The van der Waals surface area contributed by atoms with E-state index in [1.165, 1.54) is 12.5 Å². The van der Waals surface area contributed by atoms with Crippen LogP contribution < -0.4 is 0 Å². The molecule has 6 nitrogen and oxygen atoms in total. The molecule has 0 radical (unpaired) electrons. The van der Waals surface area contributed by atoms with Gasteiger partial charge in [-0.05, 0) is 125 Å². The molecule has 0 heterocycles. The Morgan fingerprint density at radius 1 is 1.02 bits per heavy atom. The van der Waals surface area contributed by atoms with Gasteiger partial charge in [-0.25, -0.2) is 4.79 Å². The zero-order chi connectivity index (χ0) is 29.8. The molecule has 0 aliphatic heterocycles. The van der Waals surface area contributed by atoms with E-state index in [4.69, 9.17) is 9.47 Å². The van der Waals surface area contributed by atoms with Crippen molar-refractivity contribution in [3.8, 4) is 0 Å². The third-order valence-corrected chi connectivity index (χ3v) is 11.9. The summed E-state index contributed by atoms with van der Waals surface area (Å²) in [7, 11) is 0. The number of fused-ring (bicyclic) bond motifs is 5. The Morgan fingerprint density at radius 3 is 2.30 bits per heavy atom. The number of hydrogen-bond donors (Lipinski definition) is 2. The van der Waals surface area contributed by atoms with Crippen molar-refractivity contribution in [2.24, 2.45) is 39.9 Å². The van der Waals surface area contributed by atoms with Gasteiger partial charge < -0.3 is 19.7 Å². The molecule has 2 N–H and O–H groups in total. The van der Waals surface area contributed by atoms with Gasteiger partial charge in [0, 0.05) is 12.5 Å². The van der Waals surface area contributed by atoms with Gasteiger partial charge in [0.25, 0.3) is 0 Å². The second-order valence-electron chi connectivity index (χ2n) is 14.8. The lowest BCUT2D eigenvalue weighted by Gasteiger charge is -2.69. The van der Waals surface area contributed by atoms with Crippen molar-refractivity contribution >= 4 is 11.9 Å². The van der Waals surface area contributed by atoms with Crippen LogP contribution in [0.25, 0.3) is 0 Å². The fourth-order valence-electron chi connectivity index (χ4n) is 10.1. The Labute approximate surface area is 242 Å². The minimum atomic E-state index is -0.537. The van der Waals surface area contributed by atoms with Crippen molar-refractivity contribution in [1.82, 2.24) is 0 Å². The molecule has 10 atom stereocenters. The summed E-state index contributed by atoms with van der Waals surface area (Å²) in [6.07, 6.45) is 6.59. The maximum Gasteiger partial charge on any atom is 0.334 e. The van der Waals surface area contributed by atoms with Crippen LogP contribution in [0.4, 0.5) is 0 Å². The van der Waals surface area contributed by atoms with E-state index < -0.39 is 12.2 Å². The van der Waals surface area contributed by atoms with Gasteiger partial charge in [0.15, 0.2) is 0 Å². The lowest BCUT2D eigenvalue weighted by Crippen LogP contribution is -2.65. The highest BCUT2D eigenvalue weighted by Crippen LogP contribution is 2.74. The smallest absolute Gasteiger partial charge is 0.334 e. The first-order valence-electron chi connectivity index (χ1n) is 15.7. The topological polar surface area (TPSA) is 93.1 Å². The number of carbonyl (C=O) groups excluding carboxylic acids is 2. The quantitative estimate of drug-likeness (QED) is 0.219. The molecule has 226 valence electrons. The van der Waals surface area contributed by atoms with Crippen LogP contribution in [0, 0.1) is 39.9 Å². The molecule has 4 aliphatic carbocycles. The van der Waals surface area contributed by atoms with Gasteiger partial charge in [0.2, 0.25) is 0 Å². The summed E-state index contributed by atoms with van der Waals surface area (Å²) >= 11 is 0. The molecular weight excluding hydrogens is 504 g/mol. The largest absolute Gasteiger partial charge is 0.460 e. The van der Waals surface area contributed by atoms with Crippen LogP contribution in [0.3, 0.4) is 0 Å². The van der Waals surface area contributed by atoms with Crippen molar-refractivity contribution in [3.63, 3.8) is 0 Å². The van der Waals surface area contributed by atoms with Gasteiger partial charge >= 0.3 is 11.9 Å². The molecule has 4 fully saturated rings. The maximum absolute atomic E-state index is 13.6. The number of allylic oxidation sites excluding steroid dienone is 2. The Morgan fingerprint density at radius 2 is 1.70 bits per heavy atom. The van der Waals surface area contributed by atoms with Crippen molar-refractivity contribution in [2.45, 2.75) is 138 Å². The molecule has 4 saturated carbocycles. The van der Waals surface area contributed by atoms with E-state index in [9.17, 15) is 19.8 Å². The van der Waals surface area contributed by atoms with Crippen LogP contribution in [0.1, 0.15) is 114 Å². The van der Waals surface area contributed by atoms with Gasteiger partial charge in [-0.15, -0.1) is 0 Å². The Kier molecular flexibility index (Phi) is 8.76. The molecule has 0 aromatic rings. The highest BCUT2D eigenvalue weighted by atomic mass is 16.5. The average molecular weight is 559 g/mol. The summed E-state index contributed by atoms with van der Waals surface area (Å²) in [6.45, 7) is 18.5. The minimum Gasteiger partial charge on any atom is -0.460 e. The molecule has 4 aliphatic rings. The summed E-state index contributed by atoms with van der Waals surface area (Å²) in [5, 5.41) is 22.8. The lowest BCUT2D eigenvalue weighted by atomic mass is 9.36. The molecule has 10 unspecified atom stereocenters. The number of ether oxygens (including phenoxy) is 2. The van der Waals surface area contributed by atoms with Crippen LogP contribution in [0.5, 0.6) is 0 Å². The Balaban J connectivity index is 1.85. The van der Waals surface area contributed by atoms with E-state index in [1.807, 2.05) is 27.7 Å². The summed E-state index contributed by atoms with van der Waals surface area (Å²) < 4.78 is 11.8. The molecule has 0 aromatic carbocycles. The second-order valence-corrected chi connectivity index (χ2v) is 14.8. The Bertz CT molecular complexity index is 1050. The molecule has 4 rings (SSSR count). The van der Waals surface area contributed by atoms with Gasteiger partial charge in [-0.2, -0.15) is 0 Å². The van der Waals surface area contributed by atoms with Crippen molar-refractivity contribution < 1.29 is 29.3 Å². The lowest BCUT2D eigenvalue weighted by molar-refractivity contribution is -0.234. The normalized spacial score (nSPS) is 43.8. The van der Waals surface area contributed by atoms with E-state index >= 15 is 0 Å². The first kappa shape index (κ1) is 31.3. The fourth-order valence-corrected chi connectivity index (χ4v) is 10.1. The second kappa shape index (κ2) is 11.2. The number of aliphatic hydroxyl groups excluding tert-OH is 2. The monoisotopic (exact) mass is 558 g/mol. The summed E-state index contributed by atoms with van der Waals surface area (Å²) in [5.74, 6) is -0.114. The predicted molar refractivity (Wildman–Crippen MR) is 156 cm³/mol. The third kappa shape index (κ3) is 5.10. The van der Waals surface area contributed by atoms with Crippen LogP contribution in [0.15, 0.2) is 22.8 Å². The first-order valence-corrected chi connectivity index (χ1v) is 15.7. The van der Waals surface area contributed by atoms with E-state index in [0.29, 0.717) is 37.2 Å². The average Bonchev–Trinajstić information content (AvgIpc) is 3.10. The predicted octanol–water partition coefficient (Wildman–Crippen LogP) is 6.53. The molecule has 6 heteroatoms. The van der Waals surface area contributed by atoms with Crippen molar-refractivity contribution in [2.75, 3.05) is 0 Å². The van der Waals surface area contributed by atoms with Gasteiger partial charge in [0.1, 0.15) is 6.10 Å². The zero-order valence-electron chi connectivity index (χ0n) is 26.4. The Hall–Kier alpha value is -1.66. The summed E-state index contributed by atoms with van der Waals surface area (Å²) in [4.78, 5) is 26.1. The maximum atomic E-state index is 13.6. The summed E-state index contributed by atoms with van der Waals surface area (Å²) in [6, 6.07) is 0. The number of carbonyl (C=O) groups is 2. The number of aliphatic hydroxyl groups is 2. The van der Waals surface area contributed by atoms with Gasteiger partial charge in [-0.1, -0.05) is 39.3 Å². The first-order chi connectivity index (χ1) is 18.6.